The van der Waals surface area contributed by atoms with Crippen LogP contribution in [0.4, 0.5) is 0 Å². The zero-order chi connectivity index (χ0) is 18.0. The van der Waals surface area contributed by atoms with Crippen molar-refractivity contribution in [3.8, 4) is 0 Å². The molecule has 0 unspecified atom stereocenters. The number of carbonyl (C=O) groups excluding carboxylic acids is 1. The predicted molar refractivity (Wildman–Crippen MR) is 104 cm³/mol. The molecule has 136 valence electrons. The molecule has 24 heavy (non-hydrogen) atoms. The number of unbranched alkanes of at least 4 members (excludes halogenated alkanes) is 1. The molecule has 0 aliphatic rings. The van der Waals surface area contributed by atoms with Crippen LogP contribution in [-0.2, 0) is 4.79 Å². The van der Waals surface area contributed by atoms with Crippen LogP contribution in [0.5, 0.6) is 0 Å². The summed E-state index contributed by atoms with van der Waals surface area (Å²) in [5.74, 6) is 0.642. The smallest absolute Gasteiger partial charge is 0.220 e. The number of nitrogens with one attached hydrogen (secondary N) is 1. The molecule has 0 rings (SSSR count). The van der Waals surface area contributed by atoms with E-state index in [1.54, 1.807) is 6.92 Å². The Bertz CT molecular complexity index is 420. The fourth-order valence-electron chi connectivity index (χ4n) is 1.96. The topological polar surface area (TPSA) is 49.3 Å². The van der Waals surface area contributed by atoms with E-state index in [9.17, 15) is 4.79 Å². The quantitative estimate of drug-likeness (QED) is 0.379. The molecule has 1 amide bonds. The van der Waals surface area contributed by atoms with Crippen LogP contribution in [0.15, 0.2) is 48.6 Å². The third-order valence-electron chi connectivity index (χ3n) is 3.29. The first-order chi connectivity index (χ1) is 11.6. The van der Waals surface area contributed by atoms with Crippen molar-refractivity contribution in [3.63, 3.8) is 0 Å². The molecule has 0 aliphatic heterocycles. The zero-order valence-corrected chi connectivity index (χ0v) is 15.6. The Kier molecular flexibility index (Phi) is 15.2. The molecule has 0 bridgehead atoms. The summed E-state index contributed by atoms with van der Waals surface area (Å²) in [4.78, 5) is 11.5. The first-order valence-electron chi connectivity index (χ1n) is 9.08. The molecule has 3 nitrogen and oxygen atoms in total. The molecule has 0 fully saturated rings. The fourth-order valence-corrected chi connectivity index (χ4v) is 1.96. The second kappa shape index (κ2) is 16.3. The number of aliphatic hydroxyl groups is 1. The Morgan fingerprint density at radius 2 is 1.46 bits per heavy atom. The summed E-state index contributed by atoms with van der Waals surface area (Å²) in [6.45, 7) is 6.15. The van der Waals surface area contributed by atoms with Crippen LogP contribution in [0.3, 0.4) is 0 Å². The highest BCUT2D eigenvalue weighted by molar-refractivity contribution is 5.76. The molecular formula is C21H35NO2. The molecule has 0 aromatic carbocycles. The minimum absolute atomic E-state index is 0.0121. The van der Waals surface area contributed by atoms with E-state index in [0.29, 0.717) is 12.3 Å². The lowest BCUT2D eigenvalue weighted by atomic mass is 10.2. The van der Waals surface area contributed by atoms with Gasteiger partial charge in [0.05, 0.1) is 6.61 Å². The predicted octanol–water partition coefficient (Wildman–Crippen LogP) is 4.70. The lowest BCUT2D eigenvalue weighted by Gasteiger charge is -2.09. The minimum Gasteiger partial charge on any atom is -0.394 e. The van der Waals surface area contributed by atoms with E-state index >= 15 is 0 Å². The van der Waals surface area contributed by atoms with Gasteiger partial charge in [-0.25, -0.2) is 0 Å². The van der Waals surface area contributed by atoms with E-state index in [1.807, 2.05) is 0 Å². The molecule has 2 N–H and O–H groups in total. The van der Waals surface area contributed by atoms with E-state index in [4.69, 9.17) is 5.11 Å². The average molecular weight is 334 g/mol. The second-order valence-corrected chi connectivity index (χ2v) is 6.34. The van der Waals surface area contributed by atoms with Crippen LogP contribution < -0.4 is 5.32 Å². The summed E-state index contributed by atoms with van der Waals surface area (Å²) >= 11 is 0. The first kappa shape index (κ1) is 22.4. The van der Waals surface area contributed by atoms with Crippen molar-refractivity contribution in [1.29, 1.82) is 0 Å². The number of carbonyl (C=O) groups is 1. The van der Waals surface area contributed by atoms with Gasteiger partial charge in [-0.1, -0.05) is 62.5 Å². The summed E-state index contributed by atoms with van der Waals surface area (Å²) in [6, 6.07) is -0.154. The van der Waals surface area contributed by atoms with Crippen LogP contribution in [-0.4, -0.2) is 23.7 Å². The monoisotopic (exact) mass is 333 g/mol. The van der Waals surface area contributed by atoms with Crippen molar-refractivity contribution in [2.24, 2.45) is 5.92 Å². The molecule has 0 saturated heterocycles. The average Bonchev–Trinajstić information content (AvgIpc) is 2.54. The van der Waals surface area contributed by atoms with Crippen LogP contribution in [0.2, 0.25) is 0 Å². The van der Waals surface area contributed by atoms with Crippen LogP contribution in [0, 0.1) is 5.92 Å². The Labute approximate surface area is 148 Å². The number of amides is 1. The maximum atomic E-state index is 11.5. The van der Waals surface area contributed by atoms with E-state index in [2.05, 4.69) is 67.8 Å². The van der Waals surface area contributed by atoms with E-state index < -0.39 is 0 Å². The van der Waals surface area contributed by atoms with E-state index in [-0.39, 0.29) is 18.6 Å². The highest BCUT2D eigenvalue weighted by Gasteiger charge is 2.04. The summed E-state index contributed by atoms with van der Waals surface area (Å²) in [6.07, 6.45) is 22.6. The van der Waals surface area contributed by atoms with Gasteiger partial charge in [0.25, 0.3) is 0 Å². The molecule has 0 aromatic heterocycles. The van der Waals surface area contributed by atoms with Crippen molar-refractivity contribution in [3.05, 3.63) is 48.6 Å². The van der Waals surface area contributed by atoms with Gasteiger partial charge in [-0.15, -0.1) is 0 Å². The Hall–Kier alpha value is -1.61. The molecule has 1 atom stereocenters. The van der Waals surface area contributed by atoms with E-state index in [1.165, 1.54) is 0 Å². The molecule has 0 heterocycles. The van der Waals surface area contributed by atoms with Gasteiger partial charge < -0.3 is 10.4 Å². The highest BCUT2D eigenvalue weighted by atomic mass is 16.3. The second-order valence-electron chi connectivity index (χ2n) is 6.34. The number of allylic oxidation sites excluding steroid dienone is 8. The highest BCUT2D eigenvalue weighted by Crippen LogP contribution is 2.00. The SMILES string of the molecule is CC(C)/C=C\C/C=C\C/C=C\C/C=C\CCCC(=O)N[C@H](C)CO. The number of hydrogen-bond donors (Lipinski definition) is 2. The minimum atomic E-state index is -0.154. The van der Waals surface area contributed by atoms with Crippen molar-refractivity contribution in [2.75, 3.05) is 6.61 Å². The summed E-state index contributed by atoms with van der Waals surface area (Å²) < 4.78 is 0. The summed E-state index contributed by atoms with van der Waals surface area (Å²) in [5, 5.41) is 11.6. The summed E-state index contributed by atoms with van der Waals surface area (Å²) in [5.41, 5.74) is 0. The molecule has 3 heteroatoms. The van der Waals surface area contributed by atoms with Gasteiger partial charge in [0.2, 0.25) is 5.91 Å². The maximum Gasteiger partial charge on any atom is 0.220 e. The van der Waals surface area contributed by atoms with Crippen LogP contribution >= 0.6 is 0 Å². The summed E-state index contributed by atoms with van der Waals surface area (Å²) in [7, 11) is 0. The van der Waals surface area contributed by atoms with Gasteiger partial charge in [0.15, 0.2) is 0 Å². The van der Waals surface area contributed by atoms with Gasteiger partial charge in [-0.05, 0) is 44.9 Å². The maximum absolute atomic E-state index is 11.5. The van der Waals surface area contributed by atoms with E-state index in [0.717, 1.165) is 32.1 Å². The van der Waals surface area contributed by atoms with Crippen molar-refractivity contribution in [2.45, 2.75) is 65.3 Å². The first-order valence-corrected chi connectivity index (χ1v) is 9.08. The van der Waals surface area contributed by atoms with Crippen molar-refractivity contribution in [1.82, 2.24) is 5.32 Å². The molecule has 0 aliphatic carbocycles. The fraction of sp³-hybridized carbons (Fsp3) is 0.571. The van der Waals surface area contributed by atoms with Gasteiger partial charge >= 0.3 is 0 Å². The van der Waals surface area contributed by atoms with Gasteiger partial charge in [-0.3, -0.25) is 4.79 Å². The van der Waals surface area contributed by atoms with Crippen LogP contribution in [0.1, 0.15) is 59.3 Å². The molecule has 0 radical (unpaired) electrons. The van der Waals surface area contributed by atoms with Gasteiger partial charge in [-0.2, -0.15) is 0 Å². The lowest BCUT2D eigenvalue weighted by molar-refractivity contribution is -0.122. The molecule has 0 spiro atoms. The molecule has 0 aromatic rings. The third-order valence-corrected chi connectivity index (χ3v) is 3.29. The molecule has 0 saturated carbocycles. The normalized spacial score (nSPS) is 13.9. The van der Waals surface area contributed by atoms with Crippen LogP contribution in [0.25, 0.3) is 0 Å². The standard InChI is InChI=1S/C21H35NO2/c1-19(2)16-14-12-10-8-6-4-5-7-9-11-13-15-17-21(24)22-20(3)18-23/h4-5,8-11,14,16,19-20,23H,6-7,12-13,15,17-18H2,1-3H3,(H,22,24)/b5-4-,10-8-,11-9-,16-14-/t20-/m1/s1. The van der Waals surface area contributed by atoms with Gasteiger partial charge in [0, 0.05) is 12.5 Å². The number of rotatable bonds is 13. The Morgan fingerprint density at radius 3 is 2.00 bits per heavy atom. The largest absolute Gasteiger partial charge is 0.394 e. The Morgan fingerprint density at radius 1 is 0.917 bits per heavy atom. The van der Waals surface area contributed by atoms with Crippen molar-refractivity contribution < 1.29 is 9.90 Å². The number of hydrogen-bond acceptors (Lipinski definition) is 2. The Balaban J connectivity index is 3.55. The van der Waals surface area contributed by atoms with Gasteiger partial charge in [0.1, 0.15) is 0 Å². The number of aliphatic hydroxyl groups excluding tert-OH is 1. The molecular weight excluding hydrogens is 298 g/mol. The zero-order valence-electron chi connectivity index (χ0n) is 15.6. The van der Waals surface area contributed by atoms with Crippen molar-refractivity contribution >= 4 is 5.91 Å². The third kappa shape index (κ3) is 16.8. The lowest BCUT2D eigenvalue weighted by Crippen LogP contribution is -2.34.